The van der Waals surface area contributed by atoms with E-state index in [1.165, 1.54) is 25.3 Å². The summed E-state index contributed by atoms with van der Waals surface area (Å²) in [4.78, 5) is 0. The molecule has 15 heavy (non-hydrogen) atoms. The van der Waals surface area contributed by atoms with Crippen molar-refractivity contribution in [3.63, 3.8) is 0 Å². The fourth-order valence-electron chi connectivity index (χ4n) is 0.960. The summed E-state index contributed by atoms with van der Waals surface area (Å²) in [7, 11) is -2.14. The molecule has 5 nitrogen and oxygen atoms in total. The van der Waals surface area contributed by atoms with Crippen LogP contribution in [0.2, 0.25) is 0 Å². The van der Waals surface area contributed by atoms with Crippen molar-refractivity contribution < 1.29 is 18.3 Å². The van der Waals surface area contributed by atoms with Gasteiger partial charge in [-0.25, -0.2) is 8.42 Å². The first-order chi connectivity index (χ1) is 6.98. The summed E-state index contributed by atoms with van der Waals surface area (Å²) >= 11 is 5.20. The van der Waals surface area contributed by atoms with Gasteiger partial charge < -0.3 is 9.84 Å². The molecule has 0 aliphatic heterocycles. The average molecular weight is 252 g/mol. The van der Waals surface area contributed by atoms with E-state index in [-0.39, 0.29) is 17.2 Å². The first kappa shape index (κ1) is 11.9. The van der Waals surface area contributed by atoms with E-state index in [4.69, 9.17) is 16.3 Å². The predicted octanol–water partition coefficient (Wildman–Crippen LogP) is 1.34. The number of hydrogen-bond acceptors (Lipinski definition) is 4. The van der Waals surface area contributed by atoms with Gasteiger partial charge in [0.25, 0.3) is 0 Å². The Hall–Kier alpha value is -1.14. The van der Waals surface area contributed by atoms with Gasteiger partial charge in [0.05, 0.1) is 12.8 Å². The molecule has 0 radical (unpaired) electrons. The van der Waals surface area contributed by atoms with Crippen molar-refractivity contribution in [2.24, 2.45) is 0 Å². The standard InChI is InChI=1S/C8H10ClNO4S/c1-14-8-3-2-6(4-7(8)11)10-15(12,13)5-9/h2-4,10-11H,5H2,1H3. The van der Waals surface area contributed by atoms with E-state index in [2.05, 4.69) is 4.72 Å². The number of anilines is 1. The van der Waals surface area contributed by atoms with Crippen LogP contribution in [0.1, 0.15) is 0 Å². The van der Waals surface area contributed by atoms with Crippen LogP contribution in [0.5, 0.6) is 11.5 Å². The van der Waals surface area contributed by atoms with Crippen molar-refractivity contribution in [1.29, 1.82) is 0 Å². The summed E-state index contributed by atoms with van der Waals surface area (Å²) in [5, 5.41) is 8.83. The summed E-state index contributed by atoms with van der Waals surface area (Å²) in [6, 6.07) is 4.15. The lowest BCUT2D eigenvalue weighted by atomic mass is 10.3. The maximum atomic E-state index is 11.1. The number of benzene rings is 1. The lowest BCUT2D eigenvalue weighted by Gasteiger charge is -2.07. The van der Waals surface area contributed by atoms with Gasteiger partial charge in [-0.15, -0.1) is 11.6 Å². The maximum Gasteiger partial charge on any atom is 0.246 e. The molecule has 0 aliphatic rings. The number of phenolic OH excluding ortho intramolecular Hbond substituents is 1. The normalized spacial score (nSPS) is 11.1. The van der Waals surface area contributed by atoms with Gasteiger partial charge in [-0.05, 0) is 12.1 Å². The zero-order valence-electron chi connectivity index (χ0n) is 7.90. The molecule has 0 fully saturated rings. The fraction of sp³-hybridized carbons (Fsp3) is 0.250. The van der Waals surface area contributed by atoms with Gasteiger partial charge in [-0.3, -0.25) is 4.72 Å². The second kappa shape index (κ2) is 4.59. The predicted molar refractivity (Wildman–Crippen MR) is 57.9 cm³/mol. The number of halogens is 1. The van der Waals surface area contributed by atoms with Crippen molar-refractivity contribution in [3.05, 3.63) is 18.2 Å². The van der Waals surface area contributed by atoms with Crippen LogP contribution in [0.3, 0.4) is 0 Å². The summed E-state index contributed by atoms with van der Waals surface area (Å²) in [5.74, 6) is 0.121. The molecule has 1 aromatic carbocycles. The Labute approximate surface area is 92.7 Å². The van der Waals surface area contributed by atoms with Gasteiger partial charge in [0.2, 0.25) is 10.0 Å². The monoisotopic (exact) mass is 251 g/mol. The largest absolute Gasteiger partial charge is 0.504 e. The van der Waals surface area contributed by atoms with Crippen LogP contribution in [0.4, 0.5) is 5.69 Å². The van der Waals surface area contributed by atoms with Crippen LogP contribution in [0.25, 0.3) is 0 Å². The molecular formula is C8H10ClNO4S. The van der Waals surface area contributed by atoms with E-state index in [9.17, 15) is 13.5 Å². The lowest BCUT2D eigenvalue weighted by molar-refractivity contribution is 0.373. The van der Waals surface area contributed by atoms with Gasteiger partial charge in [0.1, 0.15) is 5.21 Å². The summed E-state index contributed by atoms with van der Waals surface area (Å²) in [5.41, 5.74) is 0.231. The molecule has 0 heterocycles. The van der Waals surface area contributed by atoms with Gasteiger partial charge in [-0.1, -0.05) is 0 Å². The number of phenols is 1. The maximum absolute atomic E-state index is 11.1. The number of sulfonamides is 1. The molecule has 0 amide bonds. The van der Waals surface area contributed by atoms with Crippen LogP contribution in [-0.4, -0.2) is 25.8 Å². The second-order valence-electron chi connectivity index (χ2n) is 2.71. The van der Waals surface area contributed by atoms with E-state index in [0.717, 1.165) is 0 Å². The molecule has 0 spiro atoms. The highest BCUT2D eigenvalue weighted by molar-refractivity contribution is 7.93. The van der Waals surface area contributed by atoms with Crippen LogP contribution >= 0.6 is 11.6 Å². The quantitative estimate of drug-likeness (QED) is 0.792. The number of hydrogen-bond donors (Lipinski definition) is 2. The van der Waals surface area contributed by atoms with E-state index in [0.29, 0.717) is 0 Å². The number of nitrogens with one attached hydrogen (secondary N) is 1. The van der Waals surface area contributed by atoms with Gasteiger partial charge >= 0.3 is 0 Å². The Morgan fingerprint density at radius 2 is 2.20 bits per heavy atom. The first-order valence-electron chi connectivity index (χ1n) is 3.92. The molecule has 0 aliphatic carbocycles. The Bertz CT molecular complexity index is 446. The molecule has 84 valence electrons. The molecule has 7 heteroatoms. The summed E-state index contributed by atoms with van der Waals surface area (Å²) in [6.45, 7) is 0. The Morgan fingerprint density at radius 3 is 2.67 bits per heavy atom. The Kier molecular flexibility index (Phi) is 3.65. The molecule has 2 N–H and O–H groups in total. The van der Waals surface area contributed by atoms with Crippen molar-refractivity contribution >= 4 is 27.3 Å². The zero-order chi connectivity index (χ0) is 11.5. The van der Waals surface area contributed by atoms with Crippen LogP contribution < -0.4 is 9.46 Å². The average Bonchev–Trinajstić information content (AvgIpc) is 2.17. The molecule has 0 atom stereocenters. The molecule has 1 aromatic rings. The lowest BCUT2D eigenvalue weighted by Crippen LogP contribution is -2.13. The first-order valence-corrected chi connectivity index (χ1v) is 6.10. The van der Waals surface area contributed by atoms with Crippen molar-refractivity contribution in [2.45, 2.75) is 0 Å². The third-order valence-electron chi connectivity index (χ3n) is 1.60. The second-order valence-corrected chi connectivity index (χ2v) is 5.02. The number of methoxy groups -OCH3 is 1. The minimum Gasteiger partial charge on any atom is -0.504 e. The number of alkyl halides is 1. The van der Waals surface area contributed by atoms with Crippen LogP contribution in [0.15, 0.2) is 18.2 Å². The molecule has 0 bridgehead atoms. The highest BCUT2D eigenvalue weighted by Crippen LogP contribution is 2.28. The van der Waals surface area contributed by atoms with Gasteiger partial charge in [-0.2, -0.15) is 0 Å². The minimum atomic E-state index is -3.55. The fourth-order valence-corrected chi connectivity index (χ4v) is 1.66. The third-order valence-corrected chi connectivity index (χ3v) is 3.29. The topological polar surface area (TPSA) is 75.6 Å². The Morgan fingerprint density at radius 1 is 1.53 bits per heavy atom. The number of ether oxygens (including phenoxy) is 1. The molecular weight excluding hydrogens is 242 g/mol. The molecule has 0 saturated heterocycles. The molecule has 0 unspecified atom stereocenters. The summed E-state index contributed by atoms with van der Waals surface area (Å²) in [6.07, 6.45) is 0. The number of aromatic hydroxyl groups is 1. The van der Waals surface area contributed by atoms with Crippen LogP contribution in [0, 0.1) is 0 Å². The van der Waals surface area contributed by atoms with Gasteiger partial charge in [0.15, 0.2) is 11.5 Å². The highest BCUT2D eigenvalue weighted by Gasteiger charge is 2.09. The molecule has 0 saturated carbocycles. The van der Waals surface area contributed by atoms with E-state index >= 15 is 0 Å². The number of rotatable bonds is 4. The van der Waals surface area contributed by atoms with E-state index in [1.807, 2.05) is 0 Å². The van der Waals surface area contributed by atoms with E-state index in [1.54, 1.807) is 0 Å². The van der Waals surface area contributed by atoms with Crippen LogP contribution in [-0.2, 0) is 10.0 Å². The van der Waals surface area contributed by atoms with Crippen molar-refractivity contribution in [2.75, 3.05) is 17.0 Å². The van der Waals surface area contributed by atoms with Gasteiger partial charge in [0, 0.05) is 6.07 Å². The molecule has 1 rings (SSSR count). The van der Waals surface area contributed by atoms with Crippen molar-refractivity contribution in [3.8, 4) is 11.5 Å². The summed E-state index contributed by atoms with van der Waals surface area (Å²) < 4.78 is 29.1. The Balaban J connectivity index is 2.94. The SMILES string of the molecule is COc1ccc(NS(=O)(=O)CCl)cc1O. The molecule has 0 aromatic heterocycles. The van der Waals surface area contributed by atoms with E-state index < -0.39 is 15.2 Å². The zero-order valence-corrected chi connectivity index (χ0v) is 9.47. The van der Waals surface area contributed by atoms with Crippen molar-refractivity contribution in [1.82, 2.24) is 0 Å². The highest BCUT2D eigenvalue weighted by atomic mass is 35.5. The smallest absolute Gasteiger partial charge is 0.246 e. The third kappa shape index (κ3) is 3.17. The minimum absolute atomic E-state index is 0.146.